The summed E-state index contributed by atoms with van der Waals surface area (Å²) >= 11 is 0. The number of anilines is 1. The molecule has 0 unspecified atom stereocenters. The third-order valence-corrected chi connectivity index (χ3v) is 2.03. The molecule has 1 aromatic carbocycles. The van der Waals surface area contributed by atoms with Gasteiger partial charge in [-0.25, -0.2) is 4.98 Å². The van der Waals surface area contributed by atoms with E-state index < -0.39 is 6.10 Å². The van der Waals surface area contributed by atoms with E-state index in [1.54, 1.807) is 25.4 Å². The fourth-order valence-corrected chi connectivity index (χ4v) is 1.42. The highest BCUT2D eigenvalue weighted by Crippen LogP contribution is 2.24. The van der Waals surface area contributed by atoms with Gasteiger partial charge in [0, 0.05) is 11.3 Å². The predicted molar refractivity (Wildman–Crippen MR) is 51.1 cm³/mol. The van der Waals surface area contributed by atoms with Crippen molar-refractivity contribution >= 4 is 16.7 Å². The Balaban J connectivity index is 2.77. The normalized spacial score (nSPS) is 13.4. The highest BCUT2D eigenvalue weighted by molar-refractivity contribution is 5.82. The molecule has 0 aliphatic heterocycles. The quantitative estimate of drug-likeness (QED) is 0.573. The average molecular weight is 177 g/mol. The Kier molecular flexibility index (Phi) is 1.70. The first-order chi connectivity index (χ1) is 6.18. The van der Waals surface area contributed by atoms with Gasteiger partial charge in [-0.1, -0.05) is 0 Å². The van der Waals surface area contributed by atoms with Crippen LogP contribution in [0, 0.1) is 0 Å². The van der Waals surface area contributed by atoms with Gasteiger partial charge in [-0.2, -0.15) is 0 Å². The second kappa shape index (κ2) is 2.74. The van der Waals surface area contributed by atoms with E-state index in [1.165, 1.54) is 0 Å². The summed E-state index contributed by atoms with van der Waals surface area (Å²) in [5.41, 5.74) is 8.69. The molecule has 0 saturated carbocycles. The Hall–Kier alpha value is -1.55. The number of hydrogen-bond acceptors (Lipinski definition) is 3. The van der Waals surface area contributed by atoms with Gasteiger partial charge in [0.25, 0.3) is 0 Å². The minimum atomic E-state index is -0.547. The molecule has 0 saturated heterocycles. The minimum absolute atomic E-state index is 0.547. The fourth-order valence-electron chi connectivity index (χ4n) is 1.42. The van der Waals surface area contributed by atoms with Gasteiger partial charge in [0.15, 0.2) is 0 Å². The highest BCUT2D eigenvalue weighted by atomic mass is 16.3. The molecule has 0 radical (unpaired) electrons. The number of aromatic nitrogens is 2. The van der Waals surface area contributed by atoms with E-state index in [0.717, 1.165) is 16.6 Å². The van der Waals surface area contributed by atoms with Crippen molar-refractivity contribution in [2.75, 3.05) is 5.73 Å². The summed E-state index contributed by atoms with van der Waals surface area (Å²) in [6.07, 6.45) is 1.05. The molecule has 1 atom stereocenters. The van der Waals surface area contributed by atoms with Crippen molar-refractivity contribution < 1.29 is 5.11 Å². The van der Waals surface area contributed by atoms with Crippen LogP contribution in [0.2, 0.25) is 0 Å². The fraction of sp³-hybridized carbons (Fsp3) is 0.222. The summed E-state index contributed by atoms with van der Waals surface area (Å²) in [7, 11) is 0. The first-order valence-electron chi connectivity index (χ1n) is 4.09. The Morgan fingerprint density at radius 1 is 1.54 bits per heavy atom. The van der Waals surface area contributed by atoms with Gasteiger partial charge in [0.2, 0.25) is 0 Å². The van der Waals surface area contributed by atoms with Crippen molar-refractivity contribution in [2.24, 2.45) is 0 Å². The molecule has 4 N–H and O–H groups in total. The zero-order valence-corrected chi connectivity index (χ0v) is 7.28. The average Bonchev–Trinajstić information content (AvgIpc) is 2.49. The van der Waals surface area contributed by atoms with Crippen molar-refractivity contribution in [3.05, 3.63) is 24.0 Å². The molecule has 4 heteroatoms. The molecule has 13 heavy (non-hydrogen) atoms. The van der Waals surface area contributed by atoms with Crippen molar-refractivity contribution in [3.63, 3.8) is 0 Å². The minimum Gasteiger partial charge on any atom is -0.399 e. The van der Waals surface area contributed by atoms with Gasteiger partial charge < -0.3 is 15.8 Å². The number of fused-ring (bicyclic) bond motifs is 1. The zero-order valence-electron chi connectivity index (χ0n) is 7.28. The standard InChI is InChI=1S/C9H11N3O/c1-5(13)7-2-6(10)3-8-9(7)12-4-11-8/h2-5,13H,10H2,1H3,(H,11,12)/t5-/m0/s1. The third kappa shape index (κ3) is 1.25. The lowest BCUT2D eigenvalue weighted by molar-refractivity contribution is 0.201. The van der Waals surface area contributed by atoms with Crippen molar-refractivity contribution in [2.45, 2.75) is 13.0 Å². The molecule has 4 nitrogen and oxygen atoms in total. The molecule has 2 rings (SSSR count). The van der Waals surface area contributed by atoms with Crippen molar-refractivity contribution in [1.82, 2.24) is 9.97 Å². The lowest BCUT2D eigenvalue weighted by Crippen LogP contribution is -1.95. The van der Waals surface area contributed by atoms with Crippen LogP contribution in [0.1, 0.15) is 18.6 Å². The van der Waals surface area contributed by atoms with Gasteiger partial charge >= 0.3 is 0 Å². The monoisotopic (exact) mass is 177 g/mol. The van der Waals surface area contributed by atoms with Crippen LogP contribution in [0.5, 0.6) is 0 Å². The molecule has 1 aromatic heterocycles. The molecule has 0 aliphatic carbocycles. The van der Waals surface area contributed by atoms with Crippen LogP contribution < -0.4 is 5.73 Å². The highest BCUT2D eigenvalue weighted by Gasteiger charge is 2.09. The third-order valence-electron chi connectivity index (χ3n) is 2.03. The van der Waals surface area contributed by atoms with Crippen LogP contribution in [0.15, 0.2) is 18.5 Å². The number of benzene rings is 1. The molecular weight excluding hydrogens is 166 g/mol. The van der Waals surface area contributed by atoms with E-state index in [1.807, 2.05) is 0 Å². The van der Waals surface area contributed by atoms with E-state index in [4.69, 9.17) is 5.73 Å². The number of rotatable bonds is 1. The molecular formula is C9H11N3O. The second-order valence-corrected chi connectivity index (χ2v) is 3.08. The summed E-state index contributed by atoms with van der Waals surface area (Å²) in [5.74, 6) is 0. The topological polar surface area (TPSA) is 74.9 Å². The van der Waals surface area contributed by atoms with Gasteiger partial charge in [-0.15, -0.1) is 0 Å². The number of nitrogens with one attached hydrogen (secondary N) is 1. The predicted octanol–water partition coefficient (Wildman–Crippen LogP) is 1.20. The van der Waals surface area contributed by atoms with Crippen LogP contribution in [-0.4, -0.2) is 15.1 Å². The molecule has 0 fully saturated rings. The Morgan fingerprint density at radius 2 is 2.31 bits per heavy atom. The number of nitrogen functional groups attached to an aromatic ring is 1. The maximum Gasteiger partial charge on any atom is 0.0941 e. The number of nitrogens with two attached hydrogens (primary N) is 1. The maximum atomic E-state index is 9.46. The second-order valence-electron chi connectivity index (χ2n) is 3.08. The van der Waals surface area contributed by atoms with Gasteiger partial charge in [0.05, 0.1) is 23.5 Å². The van der Waals surface area contributed by atoms with Gasteiger partial charge in [-0.05, 0) is 19.1 Å². The Morgan fingerprint density at radius 3 is 3.00 bits per heavy atom. The molecule has 68 valence electrons. The number of aromatic amines is 1. The van der Waals surface area contributed by atoms with Crippen molar-refractivity contribution in [3.8, 4) is 0 Å². The number of aliphatic hydroxyl groups is 1. The van der Waals surface area contributed by atoms with E-state index >= 15 is 0 Å². The molecule has 0 spiro atoms. The number of nitrogens with zero attached hydrogens (tertiary/aromatic N) is 1. The molecule has 0 aliphatic rings. The van der Waals surface area contributed by atoms with Gasteiger partial charge in [-0.3, -0.25) is 0 Å². The van der Waals surface area contributed by atoms with Crippen LogP contribution in [0.25, 0.3) is 11.0 Å². The molecule has 0 bridgehead atoms. The zero-order chi connectivity index (χ0) is 9.42. The number of aliphatic hydroxyl groups excluding tert-OH is 1. The first-order valence-corrected chi connectivity index (χ1v) is 4.09. The summed E-state index contributed by atoms with van der Waals surface area (Å²) in [6, 6.07) is 3.54. The van der Waals surface area contributed by atoms with E-state index in [0.29, 0.717) is 5.69 Å². The van der Waals surface area contributed by atoms with E-state index in [9.17, 15) is 5.11 Å². The van der Waals surface area contributed by atoms with E-state index in [2.05, 4.69) is 9.97 Å². The summed E-state index contributed by atoms with van der Waals surface area (Å²) in [6.45, 7) is 1.70. The smallest absolute Gasteiger partial charge is 0.0941 e. The van der Waals surface area contributed by atoms with Gasteiger partial charge in [0.1, 0.15) is 0 Å². The first kappa shape index (κ1) is 8.07. The van der Waals surface area contributed by atoms with Crippen LogP contribution in [0.4, 0.5) is 5.69 Å². The SMILES string of the molecule is C[C@H](O)c1cc(N)cc2[nH]cnc12. The van der Waals surface area contributed by atoms with Crippen LogP contribution in [0.3, 0.4) is 0 Å². The Bertz CT molecular complexity index is 433. The van der Waals surface area contributed by atoms with E-state index in [-0.39, 0.29) is 0 Å². The number of H-pyrrole nitrogens is 1. The number of imidazole rings is 1. The summed E-state index contributed by atoms with van der Waals surface area (Å²) < 4.78 is 0. The number of hydrogen-bond donors (Lipinski definition) is 3. The lowest BCUT2D eigenvalue weighted by Gasteiger charge is -2.06. The largest absolute Gasteiger partial charge is 0.399 e. The molecule has 0 amide bonds. The van der Waals surface area contributed by atoms with Crippen molar-refractivity contribution in [1.29, 1.82) is 0 Å². The van der Waals surface area contributed by atoms with Crippen LogP contribution in [-0.2, 0) is 0 Å². The summed E-state index contributed by atoms with van der Waals surface area (Å²) in [4.78, 5) is 7.06. The lowest BCUT2D eigenvalue weighted by atomic mass is 10.1. The summed E-state index contributed by atoms with van der Waals surface area (Å²) in [5, 5.41) is 9.46. The molecule has 1 heterocycles. The molecule has 2 aromatic rings. The maximum absolute atomic E-state index is 9.46. The van der Waals surface area contributed by atoms with Crippen LogP contribution >= 0.6 is 0 Å². The Labute approximate surface area is 75.4 Å².